The van der Waals surface area contributed by atoms with Crippen LogP contribution in [0, 0.1) is 0 Å². The standard InChI is InChI=1S/C7H13BO2/c8-6(9)7(10)4-2-1-3-5-7/h10H,1-5,8H2. The summed E-state index contributed by atoms with van der Waals surface area (Å²) in [7, 11) is 1.48. The van der Waals surface area contributed by atoms with Crippen molar-refractivity contribution in [2.24, 2.45) is 0 Å². The summed E-state index contributed by atoms with van der Waals surface area (Å²) in [5.74, 6) is 0. The van der Waals surface area contributed by atoms with Crippen LogP contribution in [0.15, 0.2) is 0 Å². The number of aliphatic hydroxyl groups is 1. The Morgan fingerprint density at radius 1 is 1.30 bits per heavy atom. The smallest absolute Gasteiger partial charge is 0.191 e. The molecule has 0 bridgehead atoms. The second kappa shape index (κ2) is 2.75. The van der Waals surface area contributed by atoms with Crippen LogP contribution >= 0.6 is 0 Å². The molecule has 0 radical (unpaired) electrons. The van der Waals surface area contributed by atoms with E-state index in [1.165, 1.54) is 7.85 Å². The molecule has 0 unspecified atom stereocenters. The minimum atomic E-state index is -0.960. The molecule has 0 heterocycles. The van der Waals surface area contributed by atoms with Crippen molar-refractivity contribution in [2.75, 3.05) is 0 Å². The van der Waals surface area contributed by atoms with Crippen molar-refractivity contribution in [2.45, 2.75) is 37.7 Å². The van der Waals surface area contributed by atoms with Gasteiger partial charge < -0.3 is 9.90 Å². The summed E-state index contributed by atoms with van der Waals surface area (Å²) in [4.78, 5) is 10.9. The zero-order chi connectivity index (χ0) is 7.61. The first-order valence-corrected chi connectivity index (χ1v) is 3.88. The van der Waals surface area contributed by atoms with Gasteiger partial charge in [0.05, 0.1) is 0 Å². The van der Waals surface area contributed by atoms with Crippen LogP contribution in [-0.4, -0.2) is 24.2 Å². The molecule has 0 aliphatic heterocycles. The van der Waals surface area contributed by atoms with E-state index in [0.29, 0.717) is 12.8 Å². The summed E-state index contributed by atoms with van der Waals surface area (Å²) in [6, 6.07) is 0. The molecule has 1 fully saturated rings. The van der Waals surface area contributed by atoms with Crippen LogP contribution in [0.25, 0.3) is 0 Å². The van der Waals surface area contributed by atoms with Gasteiger partial charge in [-0.15, -0.1) is 0 Å². The molecule has 10 heavy (non-hydrogen) atoms. The highest BCUT2D eigenvalue weighted by atomic mass is 16.3. The van der Waals surface area contributed by atoms with E-state index in [1.807, 2.05) is 0 Å². The minimum Gasteiger partial charge on any atom is -0.383 e. The molecule has 3 heteroatoms. The van der Waals surface area contributed by atoms with E-state index in [2.05, 4.69) is 0 Å². The maximum atomic E-state index is 10.9. The minimum absolute atomic E-state index is 0.0628. The van der Waals surface area contributed by atoms with Gasteiger partial charge in [0.2, 0.25) is 0 Å². The van der Waals surface area contributed by atoms with Crippen LogP contribution in [0.2, 0.25) is 0 Å². The Labute approximate surface area is 62.0 Å². The van der Waals surface area contributed by atoms with Gasteiger partial charge in [0.25, 0.3) is 0 Å². The quantitative estimate of drug-likeness (QED) is 0.514. The number of hydrogen-bond donors (Lipinski definition) is 1. The molecule has 56 valence electrons. The first-order chi connectivity index (χ1) is 4.65. The predicted molar refractivity (Wildman–Crippen MR) is 41.6 cm³/mol. The maximum Gasteiger partial charge on any atom is 0.191 e. The van der Waals surface area contributed by atoms with Crippen molar-refractivity contribution in [1.29, 1.82) is 0 Å². The van der Waals surface area contributed by atoms with Gasteiger partial charge in [-0.25, -0.2) is 0 Å². The lowest BCUT2D eigenvalue weighted by molar-refractivity contribution is -0.131. The van der Waals surface area contributed by atoms with Crippen molar-refractivity contribution in [3.8, 4) is 0 Å². The number of carbonyl (C=O) groups is 1. The van der Waals surface area contributed by atoms with E-state index in [0.717, 1.165) is 19.3 Å². The summed E-state index contributed by atoms with van der Waals surface area (Å²) in [6.07, 6.45) is 4.49. The molecular formula is C7H13BO2. The molecule has 0 aromatic rings. The molecule has 0 atom stereocenters. The zero-order valence-corrected chi connectivity index (χ0v) is 6.39. The third-order valence-electron chi connectivity index (χ3n) is 2.34. The molecule has 0 saturated heterocycles. The number of rotatable bonds is 1. The molecular weight excluding hydrogens is 127 g/mol. The molecule has 0 spiro atoms. The maximum absolute atomic E-state index is 10.9. The summed E-state index contributed by atoms with van der Waals surface area (Å²) >= 11 is 0. The van der Waals surface area contributed by atoms with Crippen LogP contribution in [0.3, 0.4) is 0 Å². The molecule has 1 rings (SSSR count). The second-order valence-corrected chi connectivity index (χ2v) is 3.15. The lowest BCUT2D eigenvalue weighted by atomic mass is 9.75. The van der Waals surface area contributed by atoms with Gasteiger partial charge in [0, 0.05) is 0 Å². The molecule has 0 amide bonds. The highest BCUT2D eigenvalue weighted by Crippen LogP contribution is 2.27. The summed E-state index contributed by atoms with van der Waals surface area (Å²) in [5, 5.41) is 9.60. The fourth-order valence-corrected chi connectivity index (χ4v) is 1.49. The van der Waals surface area contributed by atoms with Gasteiger partial charge in [-0.05, 0) is 12.8 Å². The Balaban J connectivity index is 2.56. The molecule has 2 nitrogen and oxygen atoms in total. The van der Waals surface area contributed by atoms with E-state index >= 15 is 0 Å². The van der Waals surface area contributed by atoms with Crippen molar-refractivity contribution in [3.05, 3.63) is 0 Å². The molecule has 1 aliphatic rings. The highest BCUT2D eigenvalue weighted by molar-refractivity contribution is 6.59. The van der Waals surface area contributed by atoms with E-state index in [-0.39, 0.29) is 5.68 Å². The van der Waals surface area contributed by atoms with Crippen LogP contribution in [-0.2, 0) is 4.79 Å². The average molecular weight is 140 g/mol. The normalized spacial score (nSPS) is 24.1. The molecule has 1 saturated carbocycles. The van der Waals surface area contributed by atoms with Crippen molar-refractivity contribution in [1.82, 2.24) is 0 Å². The fourth-order valence-electron chi connectivity index (χ4n) is 1.49. The van der Waals surface area contributed by atoms with E-state index in [9.17, 15) is 9.90 Å². The first-order valence-electron chi connectivity index (χ1n) is 3.88. The number of hydrogen-bond acceptors (Lipinski definition) is 2. The summed E-state index contributed by atoms with van der Waals surface area (Å²) < 4.78 is 0. The Hall–Kier alpha value is -0.305. The van der Waals surface area contributed by atoms with Gasteiger partial charge in [-0.2, -0.15) is 0 Å². The van der Waals surface area contributed by atoms with E-state index in [1.54, 1.807) is 0 Å². The van der Waals surface area contributed by atoms with Crippen LogP contribution in [0.4, 0.5) is 0 Å². The van der Waals surface area contributed by atoms with Crippen LogP contribution in [0.1, 0.15) is 32.1 Å². The monoisotopic (exact) mass is 140 g/mol. The van der Waals surface area contributed by atoms with E-state index in [4.69, 9.17) is 0 Å². The Morgan fingerprint density at radius 3 is 2.10 bits per heavy atom. The molecule has 0 aromatic carbocycles. The third-order valence-corrected chi connectivity index (χ3v) is 2.34. The van der Waals surface area contributed by atoms with Crippen LogP contribution < -0.4 is 0 Å². The second-order valence-electron chi connectivity index (χ2n) is 3.15. The van der Waals surface area contributed by atoms with Gasteiger partial charge in [-0.3, -0.25) is 0 Å². The SMILES string of the molecule is BC(=O)C1(O)CCCCC1. The lowest BCUT2D eigenvalue weighted by Gasteiger charge is -2.29. The summed E-state index contributed by atoms with van der Waals surface area (Å²) in [6.45, 7) is 0. The van der Waals surface area contributed by atoms with Gasteiger partial charge >= 0.3 is 0 Å². The molecule has 1 N–H and O–H groups in total. The third kappa shape index (κ3) is 1.40. The first kappa shape index (κ1) is 7.80. The molecule has 1 aliphatic carbocycles. The lowest BCUT2D eigenvalue weighted by Crippen LogP contribution is -2.40. The Kier molecular flexibility index (Phi) is 2.14. The number of carbonyl (C=O) groups excluding carboxylic acids is 1. The fraction of sp³-hybridized carbons (Fsp3) is 0.857. The largest absolute Gasteiger partial charge is 0.383 e. The summed E-state index contributed by atoms with van der Waals surface area (Å²) in [5.41, 5.74) is -1.02. The average Bonchev–Trinajstić information content (AvgIpc) is 1.89. The topological polar surface area (TPSA) is 37.3 Å². The predicted octanol–water partition coefficient (Wildman–Crippen LogP) is -0.159. The van der Waals surface area contributed by atoms with Crippen molar-refractivity contribution >= 4 is 13.5 Å². The van der Waals surface area contributed by atoms with Crippen molar-refractivity contribution < 1.29 is 9.90 Å². The Morgan fingerprint density at radius 2 is 1.80 bits per heavy atom. The zero-order valence-electron chi connectivity index (χ0n) is 6.39. The van der Waals surface area contributed by atoms with Gasteiger partial charge in [-0.1, -0.05) is 19.3 Å². The van der Waals surface area contributed by atoms with Crippen LogP contribution in [0.5, 0.6) is 0 Å². The Bertz CT molecular complexity index is 139. The van der Waals surface area contributed by atoms with Gasteiger partial charge in [0.15, 0.2) is 7.85 Å². The van der Waals surface area contributed by atoms with Gasteiger partial charge in [0.1, 0.15) is 11.3 Å². The highest BCUT2D eigenvalue weighted by Gasteiger charge is 2.32. The molecule has 0 aromatic heterocycles. The van der Waals surface area contributed by atoms with Crippen molar-refractivity contribution in [3.63, 3.8) is 0 Å². The van der Waals surface area contributed by atoms with E-state index < -0.39 is 5.60 Å².